The number of carbonyl (C=O) groups is 2. The van der Waals surface area contributed by atoms with Crippen molar-refractivity contribution in [3.05, 3.63) is 47.9 Å². The van der Waals surface area contributed by atoms with Crippen LogP contribution in [0.5, 0.6) is 0 Å². The lowest BCUT2D eigenvalue weighted by molar-refractivity contribution is -0.122. The minimum Gasteiger partial charge on any atom is -0.467 e. The van der Waals surface area contributed by atoms with Crippen molar-refractivity contribution in [2.75, 3.05) is 23.3 Å². The molecule has 28 heavy (non-hydrogen) atoms. The Bertz CT molecular complexity index is 822. The lowest BCUT2D eigenvalue weighted by Crippen LogP contribution is -2.33. The molecule has 0 spiro atoms. The number of anilines is 2. The van der Waals surface area contributed by atoms with Crippen molar-refractivity contribution >= 4 is 23.2 Å². The van der Waals surface area contributed by atoms with Gasteiger partial charge in [0.25, 0.3) is 5.91 Å². The second kappa shape index (κ2) is 8.50. The summed E-state index contributed by atoms with van der Waals surface area (Å²) in [6.07, 6.45) is 8.12. The quantitative estimate of drug-likeness (QED) is 0.795. The van der Waals surface area contributed by atoms with Crippen molar-refractivity contribution < 1.29 is 14.0 Å². The predicted molar refractivity (Wildman–Crippen MR) is 108 cm³/mol. The number of nitrogens with one attached hydrogen (secondary N) is 2. The number of hydrogen-bond acceptors (Lipinski definition) is 4. The summed E-state index contributed by atoms with van der Waals surface area (Å²) in [5.74, 6) is 0.812. The Morgan fingerprint density at radius 1 is 1.07 bits per heavy atom. The Morgan fingerprint density at radius 3 is 2.57 bits per heavy atom. The number of rotatable bonds is 6. The van der Waals surface area contributed by atoms with E-state index in [1.165, 1.54) is 6.42 Å². The van der Waals surface area contributed by atoms with Gasteiger partial charge in [0.2, 0.25) is 5.91 Å². The van der Waals surface area contributed by atoms with Crippen molar-refractivity contribution in [2.24, 2.45) is 5.92 Å². The first kappa shape index (κ1) is 18.6. The van der Waals surface area contributed by atoms with Gasteiger partial charge in [-0.2, -0.15) is 0 Å². The summed E-state index contributed by atoms with van der Waals surface area (Å²) in [5, 5.41) is 5.96. The van der Waals surface area contributed by atoms with Crippen LogP contribution in [-0.2, 0) is 11.3 Å². The van der Waals surface area contributed by atoms with Gasteiger partial charge in [-0.25, -0.2) is 0 Å². The Labute approximate surface area is 165 Å². The molecule has 2 aromatic rings. The van der Waals surface area contributed by atoms with Crippen LogP contribution in [0.2, 0.25) is 0 Å². The van der Waals surface area contributed by atoms with Crippen LogP contribution in [0.25, 0.3) is 0 Å². The second-order valence-corrected chi connectivity index (χ2v) is 7.66. The third-order valence-corrected chi connectivity index (χ3v) is 5.69. The third kappa shape index (κ3) is 4.21. The molecule has 1 aliphatic heterocycles. The molecule has 4 rings (SSSR count). The van der Waals surface area contributed by atoms with Gasteiger partial charge in [0.05, 0.1) is 24.1 Å². The van der Waals surface area contributed by atoms with E-state index in [0.29, 0.717) is 12.1 Å². The standard InChI is InChI=1S/C22H27N3O3/c26-21(16-6-4-7-16)24-17-9-10-19(20(14-17)25-11-2-1-3-12-25)22(27)23-15-18-8-5-13-28-18/h5,8-10,13-14,16H,1-4,6-7,11-12,15H2,(H,23,27)(H,24,26). The third-order valence-electron chi connectivity index (χ3n) is 5.69. The highest BCUT2D eigenvalue weighted by Gasteiger charge is 2.26. The molecule has 2 N–H and O–H groups in total. The van der Waals surface area contributed by atoms with Crippen LogP contribution in [0.1, 0.15) is 54.6 Å². The zero-order valence-corrected chi connectivity index (χ0v) is 16.1. The molecule has 1 saturated heterocycles. The van der Waals surface area contributed by atoms with Crippen LogP contribution in [0.4, 0.5) is 11.4 Å². The Hall–Kier alpha value is -2.76. The Kier molecular flexibility index (Phi) is 5.65. The van der Waals surface area contributed by atoms with E-state index in [9.17, 15) is 9.59 Å². The number of carbonyl (C=O) groups excluding carboxylic acids is 2. The summed E-state index contributed by atoms with van der Waals surface area (Å²) in [4.78, 5) is 27.4. The molecule has 2 heterocycles. The molecule has 0 unspecified atom stereocenters. The molecule has 1 saturated carbocycles. The van der Waals surface area contributed by atoms with Gasteiger partial charge in [-0.15, -0.1) is 0 Å². The SMILES string of the molecule is O=C(NCc1ccco1)c1ccc(NC(=O)C2CCC2)cc1N1CCCCC1. The van der Waals surface area contributed by atoms with E-state index in [4.69, 9.17) is 4.42 Å². The molecule has 0 atom stereocenters. The van der Waals surface area contributed by atoms with E-state index in [1.807, 2.05) is 24.3 Å². The lowest BCUT2D eigenvalue weighted by atomic mass is 9.85. The smallest absolute Gasteiger partial charge is 0.253 e. The number of piperidine rings is 1. The minimum atomic E-state index is -0.131. The average Bonchev–Trinajstić information content (AvgIpc) is 3.19. The van der Waals surface area contributed by atoms with E-state index in [-0.39, 0.29) is 17.7 Å². The van der Waals surface area contributed by atoms with Crippen LogP contribution < -0.4 is 15.5 Å². The molecule has 1 aromatic carbocycles. The summed E-state index contributed by atoms with van der Waals surface area (Å²) in [7, 11) is 0. The Morgan fingerprint density at radius 2 is 1.89 bits per heavy atom. The van der Waals surface area contributed by atoms with Crippen molar-refractivity contribution in [1.29, 1.82) is 0 Å². The lowest BCUT2D eigenvalue weighted by Gasteiger charge is -2.31. The summed E-state index contributed by atoms with van der Waals surface area (Å²) < 4.78 is 5.30. The largest absolute Gasteiger partial charge is 0.467 e. The van der Waals surface area contributed by atoms with Gasteiger partial charge < -0.3 is 20.0 Å². The van der Waals surface area contributed by atoms with Gasteiger partial charge in [-0.1, -0.05) is 6.42 Å². The number of furan rings is 1. The van der Waals surface area contributed by atoms with E-state index >= 15 is 0 Å². The topological polar surface area (TPSA) is 74.6 Å². The molecule has 0 radical (unpaired) electrons. The van der Waals surface area contributed by atoms with E-state index in [0.717, 1.165) is 62.3 Å². The summed E-state index contributed by atoms with van der Waals surface area (Å²) in [6, 6.07) is 9.23. The Balaban J connectivity index is 1.53. The fourth-order valence-electron chi connectivity index (χ4n) is 3.79. The van der Waals surface area contributed by atoms with Gasteiger partial charge in [0.15, 0.2) is 0 Å². The van der Waals surface area contributed by atoms with Crippen molar-refractivity contribution in [3.63, 3.8) is 0 Å². The van der Waals surface area contributed by atoms with Crippen LogP contribution >= 0.6 is 0 Å². The van der Waals surface area contributed by atoms with Gasteiger partial charge in [-0.3, -0.25) is 9.59 Å². The molecular weight excluding hydrogens is 354 g/mol. The first-order valence-corrected chi connectivity index (χ1v) is 10.2. The normalized spacial score (nSPS) is 17.1. The molecule has 2 amide bonds. The highest BCUT2D eigenvalue weighted by molar-refractivity contribution is 6.01. The molecule has 1 aromatic heterocycles. The van der Waals surface area contributed by atoms with Crippen LogP contribution in [0.15, 0.2) is 41.0 Å². The van der Waals surface area contributed by atoms with E-state index in [2.05, 4.69) is 15.5 Å². The molecule has 148 valence electrons. The fourth-order valence-corrected chi connectivity index (χ4v) is 3.79. The molecule has 0 bridgehead atoms. The number of benzene rings is 1. The minimum absolute atomic E-state index is 0.0888. The van der Waals surface area contributed by atoms with Gasteiger partial charge in [0, 0.05) is 24.7 Å². The van der Waals surface area contributed by atoms with Crippen LogP contribution in [-0.4, -0.2) is 24.9 Å². The number of nitrogens with zero attached hydrogens (tertiary/aromatic N) is 1. The van der Waals surface area contributed by atoms with Crippen molar-refractivity contribution in [3.8, 4) is 0 Å². The van der Waals surface area contributed by atoms with Crippen LogP contribution in [0, 0.1) is 5.92 Å². The summed E-state index contributed by atoms with van der Waals surface area (Å²) in [5.41, 5.74) is 2.29. The summed E-state index contributed by atoms with van der Waals surface area (Å²) in [6.45, 7) is 2.21. The maximum Gasteiger partial charge on any atom is 0.253 e. The monoisotopic (exact) mass is 381 g/mol. The molecule has 2 aliphatic rings. The summed E-state index contributed by atoms with van der Waals surface area (Å²) >= 11 is 0. The first-order valence-electron chi connectivity index (χ1n) is 10.2. The molecular formula is C22H27N3O3. The number of hydrogen-bond donors (Lipinski definition) is 2. The molecule has 2 fully saturated rings. The van der Waals surface area contributed by atoms with Crippen LogP contribution in [0.3, 0.4) is 0 Å². The highest BCUT2D eigenvalue weighted by Crippen LogP contribution is 2.30. The van der Waals surface area contributed by atoms with Crippen molar-refractivity contribution in [2.45, 2.75) is 45.1 Å². The number of amides is 2. The second-order valence-electron chi connectivity index (χ2n) is 7.66. The first-order chi connectivity index (χ1) is 13.7. The van der Waals surface area contributed by atoms with Gasteiger partial charge in [-0.05, 0) is 62.4 Å². The predicted octanol–water partition coefficient (Wildman–Crippen LogP) is 3.94. The zero-order chi connectivity index (χ0) is 19.3. The maximum atomic E-state index is 12.8. The van der Waals surface area contributed by atoms with Gasteiger partial charge in [0.1, 0.15) is 5.76 Å². The van der Waals surface area contributed by atoms with Crippen molar-refractivity contribution in [1.82, 2.24) is 5.32 Å². The average molecular weight is 381 g/mol. The molecule has 6 heteroatoms. The maximum absolute atomic E-state index is 12.8. The van der Waals surface area contributed by atoms with E-state index in [1.54, 1.807) is 12.3 Å². The fraction of sp³-hybridized carbons (Fsp3) is 0.455. The molecule has 1 aliphatic carbocycles. The highest BCUT2D eigenvalue weighted by atomic mass is 16.3. The van der Waals surface area contributed by atoms with Gasteiger partial charge >= 0.3 is 0 Å². The zero-order valence-electron chi connectivity index (χ0n) is 16.1. The van der Waals surface area contributed by atoms with E-state index < -0.39 is 0 Å². The molecule has 6 nitrogen and oxygen atoms in total.